The molecule has 1 heteroatoms. The molecule has 0 saturated carbocycles. The van der Waals surface area contributed by atoms with Crippen molar-refractivity contribution in [1.29, 1.82) is 0 Å². The van der Waals surface area contributed by atoms with Crippen LogP contribution in [0.4, 0.5) is 0 Å². The first kappa shape index (κ1) is 23.3. The van der Waals surface area contributed by atoms with Gasteiger partial charge in [-0.2, -0.15) is 0 Å². The van der Waals surface area contributed by atoms with Gasteiger partial charge in [0.15, 0.2) is 0 Å². The normalized spacial score (nSPS) is 13.6. The fraction of sp³-hybridized carbons (Fsp3) is 0.0789. The second kappa shape index (κ2) is 9.48. The van der Waals surface area contributed by atoms with Gasteiger partial charge in [-0.15, -0.1) is 5.73 Å². The summed E-state index contributed by atoms with van der Waals surface area (Å²) in [7, 11) is 0. The molecule has 8 rings (SSSR count). The summed E-state index contributed by atoms with van der Waals surface area (Å²) in [6.45, 7) is 4.27. The quantitative estimate of drug-likeness (QED) is 0.157. The highest BCUT2D eigenvalue weighted by Crippen LogP contribution is 2.39. The van der Waals surface area contributed by atoms with E-state index in [0.29, 0.717) is 0 Å². The number of hydrogen-bond donors (Lipinski definition) is 0. The predicted octanol–water partition coefficient (Wildman–Crippen LogP) is 10.5. The Morgan fingerprint density at radius 2 is 1.33 bits per heavy atom. The number of benzene rings is 5. The maximum Gasteiger partial charge on any atom is 0.0543 e. The molecule has 39 heavy (non-hydrogen) atoms. The van der Waals surface area contributed by atoms with Gasteiger partial charge in [-0.3, -0.25) is 0 Å². The highest BCUT2D eigenvalue weighted by molar-refractivity contribution is 6.25. The second-order valence-electron chi connectivity index (χ2n) is 10.4. The SMILES string of the molecule is CC1=CC=C=C1.Cc1cccc2c1c1c(n2-c2ccc3c4ccccc4c4ccccc4c3c2)C=CCC=C1. The summed E-state index contributed by atoms with van der Waals surface area (Å²) in [4.78, 5) is 0. The highest BCUT2D eigenvalue weighted by Gasteiger charge is 2.18. The van der Waals surface area contributed by atoms with Gasteiger partial charge in [0, 0.05) is 16.6 Å². The average molecular weight is 500 g/mol. The van der Waals surface area contributed by atoms with E-state index in [9.17, 15) is 0 Å². The first-order valence-corrected chi connectivity index (χ1v) is 13.6. The van der Waals surface area contributed by atoms with Crippen LogP contribution in [0.2, 0.25) is 0 Å². The molecule has 2 aliphatic rings. The average Bonchev–Trinajstić information content (AvgIpc) is 3.50. The van der Waals surface area contributed by atoms with Crippen molar-refractivity contribution in [2.75, 3.05) is 0 Å². The van der Waals surface area contributed by atoms with E-state index in [0.717, 1.165) is 6.42 Å². The Hall–Kier alpha value is -4.84. The van der Waals surface area contributed by atoms with E-state index in [1.54, 1.807) is 0 Å². The molecule has 0 fully saturated rings. The van der Waals surface area contributed by atoms with Crippen molar-refractivity contribution in [3.8, 4) is 5.69 Å². The van der Waals surface area contributed by atoms with Crippen molar-refractivity contribution in [2.24, 2.45) is 0 Å². The van der Waals surface area contributed by atoms with E-state index in [-0.39, 0.29) is 0 Å². The number of aromatic nitrogens is 1. The Morgan fingerprint density at radius 3 is 1.97 bits per heavy atom. The van der Waals surface area contributed by atoms with Gasteiger partial charge in [0.1, 0.15) is 0 Å². The molecule has 1 heterocycles. The summed E-state index contributed by atoms with van der Waals surface area (Å²) >= 11 is 0. The number of hydrogen-bond acceptors (Lipinski definition) is 0. The zero-order chi connectivity index (χ0) is 26.3. The third-order valence-corrected chi connectivity index (χ3v) is 7.85. The Morgan fingerprint density at radius 1 is 0.667 bits per heavy atom. The zero-order valence-corrected chi connectivity index (χ0v) is 22.3. The zero-order valence-electron chi connectivity index (χ0n) is 22.3. The summed E-state index contributed by atoms with van der Waals surface area (Å²) in [6, 6.07) is 31.2. The van der Waals surface area contributed by atoms with E-state index >= 15 is 0 Å². The van der Waals surface area contributed by atoms with Crippen molar-refractivity contribution in [2.45, 2.75) is 20.3 Å². The summed E-state index contributed by atoms with van der Waals surface area (Å²) in [5.74, 6) is 0. The molecule has 1 nitrogen and oxygen atoms in total. The number of allylic oxidation sites excluding steroid dienone is 5. The molecule has 0 amide bonds. The molecule has 5 aromatic carbocycles. The lowest BCUT2D eigenvalue weighted by Gasteiger charge is -2.14. The first-order chi connectivity index (χ1) is 19.2. The van der Waals surface area contributed by atoms with Crippen LogP contribution in [0.5, 0.6) is 0 Å². The summed E-state index contributed by atoms with van der Waals surface area (Å²) in [5, 5.41) is 9.21. The smallest absolute Gasteiger partial charge is 0.0543 e. The van der Waals surface area contributed by atoms with Crippen LogP contribution < -0.4 is 0 Å². The van der Waals surface area contributed by atoms with Crippen molar-refractivity contribution in [3.63, 3.8) is 0 Å². The van der Waals surface area contributed by atoms with Gasteiger partial charge < -0.3 is 4.57 Å². The summed E-state index contributed by atoms with van der Waals surface area (Å²) in [6.07, 6.45) is 16.0. The number of fused-ring (bicyclic) bond motifs is 9. The molecule has 2 aliphatic carbocycles. The van der Waals surface area contributed by atoms with Gasteiger partial charge in [0.25, 0.3) is 0 Å². The Kier molecular flexibility index (Phi) is 5.66. The predicted molar refractivity (Wildman–Crippen MR) is 170 cm³/mol. The van der Waals surface area contributed by atoms with Crippen molar-refractivity contribution < 1.29 is 0 Å². The lowest BCUT2D eigenvalue weighted by Crippen LogP contribution is -1.97. The van der Waals surface area contributed by atoms with Crippen LogP contribution in [0.1, 0.15) is 30.2 Å². The topological polar surface area (TPSA) is 4.93 Å². The van der Waals surface area contributed by atoms with E-state index in [1.807, 2.05) is 18.2 Å². The Bertz CT molecular complexity index is 2050. The maximum absolute atomic E-state index is 2.93. The van der Waals surface area contributed by atoms with Crippen molar-refractivity contribution in [3.05, 3.63) is 143 Å². The molecule has 6 aromatic rings. The Balaban J connectivity index is 0.000000376. The number of rotatable bonds is 1. The van der Waals surface area contributed by atoms with Crippen molar-refractivity contribution >= 4 is 55.4 Å². The largest absolute Gasteiger partial charge is 0.309 e. The van der Waals surface area contributed by atoms with Gasteiger partial charge in [-0.25, -0.2) is 0 Å². The molecule has 0 atom stereocenters. The molecule has 0 N–H and O–H groups in total. The van der Waals surface area contributed by atoms with E-state index < -0.39 is 0 Å². The molecule has 186 valence electrons. The molecule has 0 unspecified atom stereocenters. The van der Waals surface area contributed by atoms with Gasteiger partial charge in [-0.05, 0) is 100 Å². The van der Waals surface area contributed by atoms with Crippen LogP contribution in [0.15, 0.2) is 127 Å². The molecule has 0 saturated heterocycles. The molecular weight excluding hydrogens is 470 g/mol. The molecule has 0 radical (unpaired) electrons. The third kappa shape index (κ3) is 3.87. The van der Waals surface area contributed by atoms with E-state index in [4.69, 9.17) is 0 Å². The summed E-state index contributed by atoms with van der Waals surface area (Å²) < 4.78 is 2.44. The monoisotopic (exact) mass is 499 g/mol. The van der Waals surface area contributed by atoms with Gasteiger partial charge in [0.05, 0.1) is 11.2 Å². The minimum Gasteiger partial charge on any atom is -0.309 e. The summed E-state index contributed by atoms with van der Waals surface area (Å²) in [5.41, 5.74) is 10.6. The number of nitrogens with zero attached hydrogens (tertiary/aromatic N) is 1. The molecular formula is C38H29N. The van der Waals surface area contributed by atoms with Crippen LogP contribution in [-0.2, 0) is 0 Å². The molecule has 0 aliphatic heterocycles. The van der Waals surface area contributed by atoms with E-state index in [1.165, 1.54) is 71.3 Å². The van der Waals surface area contributed by atoms with Crippen LogP contribution in [0, 0.1) is 6.92 Å². The lowest BCUT2D eigenvalue weighted by atomic mass is 9.94. The fourth-order valence-corrected chi connectivity index (χ4v) is 6.06. The van der Waals surface area contributed by atoms with E-state index in [2.05, 4.69) is 133 Å². The minimum atomic E-state index is 0.969. The van der Waals surface area contributed by atoms with Crippen LogP contribution in [-0.4, -0.2) is 4.57 Å². The first-order valence-electron chi connectivity index (χ1n) is 13.6. The fourth-order valence-electron chi connectivity index (χ4n) is 6.06. The van der Waals surface area contributed by atoms with Crippen molar-refractivity contribution in [1.82, 2.24) is 4.57 Å². The molecule has 0 spiro atoms. The number of aryl methyl sites for hydroxylation is 1. The molecule has 0 bridgehead atoms. The second-order valence-corrected chi connectivity index (χ2v) is 10.4. The Labute approximate surface area is 229 Å². The van der Waals surface area contributed by atoms with Crippen LogP contribution in [0.3, 0.4) is 0 Å². The lowest BCUT2D eigenvalue weighted by molar-refractivity contribution is 1.11. The van der Waals surface area contributed by atoms with Gasteiger partial charge in [0.2, 0.25) is 0 Å². The third-order valence-electron chi connectivity index (χ3n) is 7.85. The van der Waals surface area contributed by atoms with Crippen LogP contribution >= 0.6 is 0 Å². The van der Waals surface area contributed by atoms with Crippen LogP contribution in [0.25, 0.3) is 61.1 Å². The minimum absolute atomic E-state index is 0.969. The standard InChI is InChI=1S/C32H23N.C6H6/c1-21-10-9-17-31-32(21)28-15-3-2-4-16-30(28)33(31)22-18-19-27-25-13-6-5-11-23(25)24-12-7-8-14-26(24)29(27)20-22;1-6-4-2-3-5-6/h3-20H,2H2,1H3;2,4-5H,1H3. The maximum atomic E-state index is 2.93. The molecule has 1 aromatic heterocycles. The van der Waals surface area contributed by atoms with Gasteiger partial charge in [-0.1, -0.05) is 91.0 Å². The highest BCUT2D eigenvalue weighted by atomic mass is 15.0. The van der Waals surface area contributed by atoms with Gasteiger partial charge >= 0.3 is 0 Å².